The van der Waals surface area contributed by atoms with Crippen molar-refractivity contribution in [3.63, 3.8) is 0 Å². The summed E-state index contributed by atoms with van der Waals surface area (Å²) in [7, 11) is -3.92. The number of anilines is 1. The van der Waals surface area contributed by atoms with Crippen molar-refractivity contribution in [1.29, 1.82) is 0 Å². The van der Waals surface area contributed by atoms with E-state index in [0.717, 1.165) is 17.7 Å². The van der Waals surface area contributed by atoms with Gasteiger partial charge in [0.05, 0.1) is 16.1 Å². The molecule has 7 heteroatoms. The average molecular weight is 323 g/mol. The lowest BCUT2D eigenvalue weighted by atomic mass is 10.1. The zero-order valence-electron chi connectivity index (χ0n) is 11.9. The topological polar surface area (TPSA) is 83.5 Å². The second kappa shape index (κ2) is 5.76. The summed E-state index contributed by atoms with van der Waals surface area (Å²) < 4.78 is 40.5. The third-order valence-corrected chi connectivity index (χ3v) is 4.55. The van der Waals surface area contributed by atoms with Crippen molar-refractivity contribution in [2.75, 3.05) is 4.72 Å². The average Bonchev–Trinajstić information content (AvgIpc) is 2.43. The van der Waals surface area contributed by atoms with E-state index in [0.29, 0.717) is 0 Å². The van der Waals surface area contributed by atoms with Crippen molar-refractivity contribution in [2.24, 2.45) is 0 Å². The van der Waals surface area contributed by atoms with Crippen LogP contribution < -0.4 is 4.72 Å². The molecule has 0 radical (unpaired) electrons. The zero-order chi connectivity index (χ0) is 16.5. The molecule has 22 heavy (non-hydrogen) atoms. The molecule has 2 aromatic carbocycles. The summed E-state index contributed by atoms with van der Waals surface area (Å²) in [5.74, 6) is -2.13. The SMILES string of the molecule is Cc1ccc(S(=O)(=O)Nc2cc(C(=O)O)cc(F)c2C)cc1. The van der Waals surface area contributed by atoms with Gasteiger partial charge in [-0.1, -0.05) is 17.7 Å². The van der Waals surface area contributed by atoms with Gasteiger partial charge in [-0.3, -0.25) is 4.72 Å². The number of carboxylic acids is 1. The smallest absolute Gasteiger partial charge is 0.335 e. The molecule has 0 fully saturated rings. The molecular weight excluding hydrogens is 309 g/mol. The number of carbonyl (C=O) groups is 1. The summed E-state index contributed by atoms with van der Waals surface area (Å²) >= 11 is 0. The fourth-order valence-corrected chi connectivity index (χ4v) is 2.94. The Morgan fingerprint density at radius 3 is 2.27 bits per heavy atom. The van der Waals surface area contributed by atoms with Crippen molar-refractivity contribution in [3.05, 3.63) is 58.9 Å². The van der Waals surface area contributed by atoms with Crippen LogP contribution in [0.1, 0.15) is 21.5 Å². The van der Waals surface area contributed by atoms with Crippen LogP contribution in [0.2, 0.25) is 0 Å². The molecule has 0 saturated carbocycles. The van der Waals surface area contributed by atoms with Gasteiger partial charge in [-0.05, 0) is 38.1 Å². The highest BCUT2D eigenvalue weighted by Crippen LogP contribution is 2.24. The van der Waals surface area contributed by atoms with Gasteiger partial charge >= 0.3 is 5.97 Å². The van der Waals surface area contributed by atoms with Gasteiger partial charge in [-0.25, -0.2) is 17.6 Å². The lowest BCUT2D eigenvalue weighted by molar-refractivity contribution is 0.0696. The Bertz CT molecular complexity index is 829. The summed E-state index contributed by atoms with van der Waals surface area (Å²) in [4.78, 5) is 11.0. The first-order valence-corrected chi connectivity index (χ1v) is 7.82. The summed E-state index contributed by atoms with van der Waals surface area (Å²) in [5.41, 5.74) is 0.498. The highest BCUT2D eigenvalue weighted by atomic mass is 32.2. The van der Waals surface area contributed by atoms with Gasteiger partial charge in [-0.15, -0.1) is 0 Å². The molecule has 0 spiro atoms. The number of hydrogen-bond donors (Lipinski definition) is 2. The number of halogens is 1. The molecule has 0 unspecified atom stereocenters. The van der Waals surface area contributed by atoms with Crippen molar-refractivity contribution in [3.8, 4) is 0 Å². The molecule has 0 aliphatic carbocycles. The third-order valence-electron chi connectivity index (χ3n) is 3.17. The lowest BCUT2D eigenvalue weighted by Gasteiger charge is -2.12. The van der Waals surface area contributed by atoms with E-state index in [1.165, 1.54) is 19.1 Å². The van der Waals surface area contributed by atoms with E-state index in [1.54, 1.807) is 12.1 Å². The molecule has 0 aromatic heterocycles. The van der Waals surface area contributed by atoms with Gasteiger partial charge in [-0.2, -0.15) is 0 Å². The molecule has 2 aromatic rings. The van der Waals surface area contributed by atoms with Crippen LogP contribution in [0.5, 0.6) is 0 Å². The lowest BCUT2D eigenvalue weighted by Crippen LogP contribution is -2.15. The van der Waals surface area contributed by atoms with E-state index in [1.807, 2.05) is 6.92 Å². The Kier molecular flexibility index (Phi) is 4.18. The largest absolute Gasteiger partial charge is 0.478 e. The van der Waals surface area contributed by atoms with Crippen molar-refractivity contribution >= 4 is 21.7 Å². The summed E-state index contributed by atoms with van der Waals surface area (Å²) in [6.07, 6.45) is 0. The second-order valence-corrected chi connectivity index (χ2v) is 6.54. The number of carboxylic acid groups (broad SMARTS) is 1. The molecule has 2 rings (SSSR count). The number of hydrogen-bond acceptors (Lipinski definition) is 3. The predicted molar refractivity (Wildman–Crippen MR) is 80.1 cm³/mol. The quantitative estimate of drug-likeness (QED) is 0.906. The molecule has 0 heterocycles. The minimum atomic E-state index is -3.92. The first-order valence-electron chi connectivity index (χ1n) is 6.33. The van der Waals surface area contributed by atoms with Gasteiger partial charge in [0.1, 0.15) is 5.82 Å². The van der Waals surface area contributed by atoms with Gasteiger partial charge in [0.2, 0.25) is 0 Å². The number of rotatable bonds is 4. The monoisotopic (exact) mass is 323 g/mol. The van der Waals surface area contributed by atoms with E-state index in [9.17, 15) is 17.6 Å². The number of aryl methyl sites for hydroxylation is 1. The fourth-order valence-electron chi connectivity index (χ4n) is 1.83. The maximum Gasteiger partial charge on any atom is 0.335 e. The van der Waals surface area contributed by atoms with Crippen LogP contribution in [0, 0.1) is 19.7 Å². The second-order valence-electron chi connectivity index (χ2n) is 4.85. The number of sulfonamides is 1. The van der Waals surface area contributed by atoms with E-state index in [4.69, 9.17) is 5.11 Å². The third kappa shape index (κ3) is 3.25. The summed E-state index contributed by atoms with van der Waals surface area (Å²) in [5, 5.41) is 8.93. The van der Waals surface area contributed by atoms with Crippen LogP contribution in [0.25, 0.3) is 0 Å². The van der Waals surface area contributed by atoms with Crippen LogP contribution >= 0.6 is 0 Å². The van der Waals surface area contributed by atoms with Crippen LogP contribution in [0.15, 0.2) is 41.3 Å². The van der Waals surface area contributed by atoms with E-state index >= 15 is 0 Å². The fraction of sp³-hybridized carbons (Fsp3) is 0.133. The normalized spacial score (nSPS) is 11.2. The van der Waals surface area contributed by atoms with Crippen LogP contribution in [-0.4, -0.2) is 19.5 Å². The molecular formula is C15H14FNO4S. The first-order chi connectivity index (χ1) is 10.2. The Balaban J connectivity index is 2.45. The molecule has 0 amide bonds. The number of nitrogens with one attached hydrogen (secondary N) is 1. The molecule has 0 bridgehead atoms. The maximum absolute atomic E-state index is 13.7. The van der Waals surface area contributed by atoms with E-state index < -0.39 is 21.8 Å². The molecule has 2 N–H and O–H groups in total. The Labute approximate surface area is 127 Å². The summed E-state index contributed by atoms with van der Waals surface area (Å²) in [6, 6.07) is 8.05. The van der Waals surface area contributed by atoms with Crippen LogP contribution in [-0.2, 0) is 10.0 Å². The first kappa shape index (κ1) is 16.0. The standard InChI is InChI=1S/C15H14FNO4S/c1-9-3-5-12(6-4-9)22(20,21)17-14-8-11(15(18)19)7-13(16)10(14)2/h3-8,17H,1-2H3,(H,18,19). The highest BCUT2D eigenvalue weighted by Gasteiger charge is 2.18. The Hall–Kier alpha value is -2.41. The minimum Gasteiger partial charge on any atom is -0.478 e. The van der Waals surface area contributed by atoms with Crippen LogP contribution in [0.4, 0.5) is 10.1 Å². The molecule has 0 saturated heterocycles. The van der Waals surface area contributed by atoms with Crippen LogP contribution in [0.3, 0.4) is 0 Å². The van der Waals surface area contributed by atoms with Gasteiger partial charge < -0.3 is 5.11 Å². The zero-order valence-corrected chi connectivity index (χ0v) is 12.7. The van der Waals surface area contributed by atoms with E-state index in [-0.39, 0.29) is 21.7 Å². The molecule has 0 atom stereocenters. The predicted octanol–water partition coefficient (Wildman–Crippen LogP) is 2.94. The molecule has 5 nitrogen and oxygen atoms in total. The molecule has 0 aliphatic rings. The van der Waals surface area contributed by atoms with Crippen molar-refractivity contribution in [1.82, 2.24) is 0 Å². The Morgan fingerprint density at radius 2 is 1.73 bits per heavy atom. The number of benzene rings is 2. The van der Waals surface area contributed by atoms with Crippen molar-refractivity contribution < 1.29 is 22.7 Å². The molecule has 0 aliphatic heterocycles. The van der Waals surface area contributed by atoms with Gasteiger partial charge in [0.25, 0.3) is 10.0 Å². The Morgan fingerprint density at radius 1 is 1.14 bits per heavy atom. The van der Waals surface area contributed by atoms with Gasteiger partial charge in [0.15, 0.2) is 0 Å². The molecule has 116 valence electrons. The number of aromatic carboxylic acids is 1. The van der Waals surface area contributed by atoms with Gasteiger partial charge in [0, 0.05) is 5.56 Å². The minimum absolute atomic E-state index is 0.0126. The maximum atomic E-state index is 13.7. The van der Waals surface area contributed by atoms with Crippen molar-refractivity contribution in [2.45, 2.75) is 18.7 Å². The summed E-state index contributed by atoms with van der Waals surface area (Å²) in [6.45, 7) is 3.19. The highest BCUT2D eigenvalue weighted by molar-refractivity contribution is 7.92. The van der Waals surface area contributed by atoms with E-state index in [2.05, 4.69) is 4.72 Å².